The number of rotatable bonds is 4. The Bertz CT molecular complexity index is 461. The molecule has 1 saturated carbocycles. The Balaban J connectivity index is 2.02. The minimum atomic E-state index is -0.886. The van der Waals surface area contributed by atoms with E-state index < -0.39 is 11.9 Å². The van der Waals surface area contributed by atoms with Crippen molar-refractivity contribution in [3.63, 3.8) is 0 Å². The molecule has 1 aromatic rings. The Labute approximate surface area is 103 Å². The molecule has 0 bridgehead atoms. The fourth-order valence-corrected chi connectivity index (χ4v) is 2.28. The molecule has 0 heterocycles. The highest BCUT2D eigenvalue weighted by Crippen LogP contribution is 2.39. The van der Waals surface area contributed by atoms with Crippen LogP contribution in [0.5, 0.6) is 0 Å². The lowest BCUT2D eigenvalue weighted by atomic mass is 10.2. The largest absolute Gasteiger partial charge is 0.481 e. The minimum absolute atomic E-state index is 0.195. The van der Waals surface area contributed by atoms with Crippen molar-refractivity contribution in [2.75, 3.05) is 11.6 Å². The van der Waals surface area contributed by atoms with Crippen LogP contribution in [0.2, 0.25) is 0 Å². The zero-order valence-electron chi connectivity index (χ0n) is 9.34. The van der Waals surface area contributed by atoms with Crippen molar-refractivity contribution in [3.05, 3.63) is 24.3 Å². The van der Waals surface area contributed by atoms with Crippen molar-refractivity contribution in [2.24, 2.45) is 11.8 Å². The van der Waals surface area contributed by atoms with Gasteiger partial charge in [0.2, 0.25) is 5.91 Å². The highest BCUT2D eigenvalue weighted by atomic mass is 32.2. The predicted molar refractivity (Wildman–Crippen MR) is 66.1 cm³/mol. The van der Waals surface area contributed by atoms with Gasteiger partial charge in [-0.1, -0.05) is 12.1 Å². The van der Waals surface area contributed by atoms with Crippen LogP contribution in [0, 0.1) is 11.8 Å². The van der Waals surface area contributed by atoms with E-state index in [0.717, 1.165) is 10.6 Å². The topological polar surface area (TPSA) is 66.4 Å². The number of hydrogen-bond donors (Lipinski definition) is 2. The second kappa shape index (κ2) is 4.79. The SMILES string of the molecule is CSc1ccccc1NC(=O)C1CC1C(=O)O. The first-order chi connectivity index (χ1) is 8.13. The second-order valence-corrected chi connectivity index (χ2v) is 4.82. The van der Waals surface area contributed by atoms with Gasteiger partial charge in [-0.25, -0.2) is 0 Å². The number of carbonyl (C=O) groups excluding carboxylic acids is 1. The predicted octanol–water partition coefficient (Wildman–Crippen LogP) is 2.07. The van der Waals surface area contributed by atoms with Crippen LogP contribution >= 0.6 is 11.8 Å². The summed E-state index contributed by atoms with van der Waals surface area (Å²) in [6.45, 7) is 0. The van der Waals surface area contributed by atoms with Crippen LogP contribution < -0.4 is 5.32 Å². The van der Waals surface area contributed by atoms with Gasteiger partial charge in [0.1, 0.15) is 0 Å². The van der Waals surface area contributed by atoms with E-state index in [4.69, 9.17) is 5.11 Å². The highest BCUT2D eigenvalue weighted by Gasteiger charge is 2.48. The molecule has 1 aliphatic carbocycles. The summed E-state index contributed by atoms with van der Waals surface area (Å²) in [6.07, 6.45) is 2.38. The maximum absolute atomic E-state index is 11.8. The lowest BCUT2D eigenvalue weighted by Crippen LogP contribution is -2.17. The van der Waals surface area contributed by atoms with Crippen LogP contribution in [0.1, 0.15) is 6.42 Å². The maximum Gasteiger partial charge on any atom is 0.307 e. The fourth-order valence-electron chi connectivity index (χ4n) is 1.73. The molecular weight excluding hydrogens is 238 g/mol. The number of aliphatic carboxylic acids is 1. The fraction of sp³-hybridized carbons (Fsp3) is 0.333. The van der Waals surface area contributed by atoms with E-state index in [9.17, 15) is 9.59 Å². The first-order valence-corrected chi connectivity index (χ1v) is 6.52. The van der Waals surface area contributed by atoms with Gasteiger partial charge in [-0.15, -0.1) is 11.8 Å². The van der Waals surface area contributed by atoms with E-state index in [1.54, 1.807) is 11.8 Å². The number of benzene rings is 1. The molecule has 0 aromatic heterocycles. The molecule has 1 aromatic carbocycles. The standard InChI is InChI=1S/C12H13NO3S/c1-17-10-5-3-2-4-9(10)13-11(14)7-6-8(7)12(15)16/h2-5,7-8H,6H2,1H3,(H,13,14)(H,15,16). The van der Waals surface area contributed by atoms with E-state index in [2.05, 4.69) is 5.32 Å². The Hall–Kier alpha value is -1.49. The Morgan fingerprint density at radius 1 is 1.35 bits per heavy atom. The maximum atomic E-state index is 11.8. The van der Waals surface area contributed by atoms with Crippen LogP contribution in [-0.2, 0) is 9.59 Å². The summed E-state index contributed by atoms with van der Waals surface area (Å²) < 4.78 is 0. The number of para-hydroxylation sites is 1. The van der Waals surface area contributed by atoms with Crippen LogP contribution in [0.3, 0.4) is 0 Å². The van der Waals surface area contributed by atoms with E-state index in [1.165, 1.54) is 0 Å². The number of thioether (sulfide) groups is 1. The summed E-state index contributed by atoms with van der Waals surface area (Å²) in [7, 11) is 0. The molecule has 2 N–H and O–H groups in total. The number of hydrogen-bond acceptors (Lipinski definition) is 3. The van der Waals surface area contributed by atoms with Crippen molar-refractivity contribution in [3.8, 4) is 0 Å². The Morgan fingerprint density at radius 3 is 2.65 bits per heavy atom. The van der Waals surface area contributed by atoms with E-state index in [1.807, 2.05) is 30.5 Å². The van der Waals surface area contributed by atoms with Crippen LogP contribution in [0.25, 0.3) is 0 Å². The molecule has 17 heavy (non-hydrogen) atoms. The summed E-state index contributed by atoms with van der Waals surface area (Å²) in [5.74, 6) is -1.96. The molecule has 5 heteroatoms. The third-order valence-electron chi connectivity index (χ3n) is 2.81. The molecular formula is C12H13NO3S. The van der Waals surface area contributed by atoms with E-state index >= 15 is 0 Å². The van der Waals surface area contributed by atoms with Crippen molar-refractivity contribution in [2.45, 2.75) is 11.3 Å². The number of anilines is 1. The molecule has 90 valence electrons. The normalized spacial score (nSPS) is 21.9. The summed E-state index contributed by atoms with van der Waals surface area (Å²) in [6, 6.07) is 7.49. The van der Waals surface area contributed by atoms with Gasteiger partial charge >= 0.3 is 5.97 Å². The van der Waals surface area contributed by atoms with Crippen molar-refractivity contribution >= 4 is 29.3 Å². The number of amides is 1. The molecule has 0 saturated heterocycles. The Morgan fingerprint density at radius 2 is 2.06 bits per heavy atom. The van der Waals surface area contributed by atoms with Gasteiger partial charge in [0.05, 0.1) is 17.5 Å². The summed E-state index contributed by atoms with van der Waals surface area (Å²) in [5, 5.41) is 11.5. The van der Waals surface area contributed by atoms with Gasteiger partial charge < -0.3 is 10.4 Å². The third kappa shape index (κ3) is 2.61. The summed E-state index contributed by atoms with van der Waals surface area (Å²) >= 11 is 1.55. The second-order valence-electron chi connectivity index (χ2n) is 3.98. The number of carboxylic acids is 1. The first kappa shape index (κ1) is 12.0. The van der Waals surface area contributed by atoms with Crippen LogP contribution in [0.15, 0.2) is 29.2 Å². The van der Waals surface area contributed by atoms with E-state index in [-0.39, 0.29) is 11.8 Å². The Kier molecular flexibility index (Phi) is 3.38. The van der Waals surface area contributed by atoms with Gasteiger partial charge in [0, 0.05) is 4.90 Å². The van der Waals surface area contributed by atoms with Crippen molar-refractivity contribution < 1.29 is 14.7 Å². The zero-order valence-corrected chi connectivity index (χ0v) is 10.2. The lowest BCUT2D eigenvalue weighted by molar-refractivity contribution is -0.139. The monoisotopic (exact) mass is 251 g/mol. The number of carboxylic acid groups (broad SMARTS) is 1. The quantitative estimate of drug-likeness (QED) is 0.804. The highest BCUT2D eigenvalue weighted by molar-refractivity contribution is 7.98. The van der Waals surface area contributed by atoms with Crippen LogP contribution in [0.4, 0.5) is 5.69 Å². The third-order valence-corrected chi connectivity index (χ3v) is 3.61. The molecule has 0 radical (unpaired) electrons. The van der Waals surface area contributed by atoms with Crippen molar-refractivity contribution in [1.82, 2.24) is 0 Å². The smallest absolute Gasteiger partial charge is 0.307 e. The number of nitrogens with one attached hydrogen (secondary N) is 1. The lowest BCUT2D eigenvalue weighted by Gasteiger charge is -2.08. The molecule has 1 aliphatic rings. The molecule has 2 atom stereocenters. The zero-order chi connectivity index (χ0) is 12.4. The van der Waals surface area contributed by atoms with E-state index in [0.29, 0.717) is 6.42 Å². The minimum Gasteiger partial charge on any atom is -0.481 e. The molecule has 2 rings (SSSR count). The molecule has 2 unspecified atom stereocenters. The first-order valence-electron chi connectivity index (χ1n) is 5.30. The summed E-state index contributed by atoms with van der Waals surface area (Å²) in [4.78, 5) is 23.4. The van der Waals surface area contributed by atoms with Gasteiger partial charge in [0.15, 0.2) is 0 Å². The average Bonchev–Trinajstić information content (AvgIpc) is 3.09. The molecule has 0 aliphatic heterocycles. The average molecular weight is 251 g/mol. The molecule has 1 amide bonds. The van der Waals surface area contributed by atoms with Gasteiger partial charge in [-0.05, 0) is 24.8 Å². The molecule has 4 nitrogen and oxygen atoms in total. The van der Waals surface area contributed by atoms with Gasteiger partial charge in [-0.3, -0.25) is 9.59 Å². The molecule has 0 spiro atoms. The summed E-state index contributed by atoms with van der Waals surface area (Å²) in [5.41, 5.74) is 0.751. The van der Waals surface area contributed by atoms with Gasteiger partial charge in [-0.2, -0.15) is 0 Å². The van der Waals surface area contributed by atoms with Crippen molar-refractivity contribution in [1.29, 1.82) is 0 Å². The van der Waals surface area contributed by atoms with Gasteiger partial charge in [0.25, 0.3) is 0 Å². The van der Waals surface area contributed by atoms with Crippen LogP contribution in [-0.4, -0.2) is 23.2 Å². The number of carbonyl (C=O) groups is 2. The molecule has 1 fully saturated rings.